The van der Waals surface area contributed by atoms with Gasteiger partial charge < -0.3 is 10.4 Å². The average molecular weight is 269 g/mol. The molecule has 2 heterocycles. The molecule has 2 rings (SSSR count). The lowest BCUT2D eigenvalue weighted by atomic mass is 10.2. The van der Waals surface area contributed by atoms with Crippen LogP contribution >= 0.6 is 23.1 Å². The third kappa shape index (κ3) is 2.70. The Balaban J connectivity index is 2.20. The number of thiophene rings is 1. The largest absolute Gasteiger partial charge is 0.395 e. The SMILES string of the molecule is CSC(CO)C(C)Nc1ncnc2sccc12. The van der Waals surface area contributed by atoms with Crippen LogP contribution in [0.25, 0.3) is 10.2 Å². The molecule has 0 aliphatic carbocycles. The van der Waals surface area contributed by atoms with Crippen LogP contribution in [0, 0.1) is 0 Å². The summed E-state index contributed by atoms with van der Waals surface area (Å²) in [6.45, 7) is 2.21. The number of aromatic nitrogens is 2. The number of aliphatic hydroxyl groups is 1. The first-order chi connectivity index (χ1) is 8.26. The fourth-order valence-corrected chi connectivity index (χ4v) is 3.01. The molecule has 2 N–H and O–H groups in total. The van der Waals surface area contributed by atoms with E-state index in [1.807, 2.05) is 17.7 Å². The van der Waals surface area contributed by atoms with Gasteiger partial charge in [-0.3, -0.25) is 0 Å². The number of anilines is 1. The van der Waals surface area contributed by atoms with Gasteiger partial charge in [0.1, 0.15) is 17.0 Å². The zero-order valence-corrected chi connectivity index (χ0v) is 11.4. The van der Waals surface area contributed by atoms with E-state index in [1.165, 1.54) is 0 Å². The number of nitrogens with one attached hydrogen (secondary N) is 1. The van der Waals surface area contributed by atoms with Gasteiger partial charge in [-0.15, -0.1) is 11.3 Å². The summed E-state index contributed by atoms with van der Waals surface area (Å²) >= 11 is 3.25. The molecule has 0 amide bonds. The highest BCUT2D eigenvalue weighted by Crippen LogP contribution is 2.25. The van der Waals surface area contributed by atoms with Crippen molar-refractivity contribution in [2.45, 2.75) is 18.2 Å². The molecule has 0 radical (unpaired) electrons. The summed E-state index contributed by atoms with van der Waals surface area (Å²) in [4.78, 5) is 9.46. The third-order valence-electron chi connectivity index (χ3n) is 2.67. The van der Waals surface area contributed by atoms with Crippen molar-refractivity contribution >= 4 is 39.1 Å². The second kappa shape index (κ2) is 5.66. The van der Waals surface area contributed by atoms with Gasteiger partial charge in [0.25, 0.3) is 0 Å². The van der Waals surface area contributed by atoms with Crippen molar-refractivity contribution in [3.8, 4) is 0 Å². The Morgan fingerprint density at radius 1 is 1.53 bits per heavy atom. The predicted molar refractivity (Wildman–Crippen MR) is 74.9 cm³/mol. The van der Waals surface area contributed by atoms with E-state index >= 15 is 0 Å². The van der Waals surface area contributed by atoms with Crippen LogP contribution in [0.5, 0.6) is 0 Å². The Morgan fingerprint density at radius 3 is 3.06 bits per heavy atom. The Bertz CT molecular complexity index is 484. The Kier molecular flexibility index (Phi) is 4.20. The molecular formula is C11H15N3OS2. The van der Waals surface area contributed by atoms with Crippen molar-refractivity contribution in [1.82, 2.24) is 9.97 Å². The zero-order valence-electron chi connectivity index (χ0n) is 9.75. The van der Waals surface area contributed by atoms with E-state index in [2.05, 4.69) is 22.2 Å². The highest BCUT2D eigenvalue weighted by molar-refractivity contribution is 7.99. The normalized spacial score (nSPS) is 14.8. The molecule has 2 aromatic rings. The summed E-state index contributed by atoms with van der Waals surface area (Å²) < 4.78 is 0. The van der Waals surface area contributed by atoms with Gasteiger partial charge in [-0.05, 0) is 24.6 Å². The van der Waals surface area contributed by atoms with Crippen molar-refractivity contribution in [1.29, 1.82) is 0 Å². The molecule has 0 saturated heterocycles. The number of nitrogens with zero attached hydrogens (tertiary/aromatic N) is 2. The second-order valence-corrected chi connectivity index (χ2v) is 5.72. The first kappa shape index (κ1) is 12.6. The molecule has 0 saturated carbocycles. The number of rotatable bonds is 5. The maximum atomic E-state index is 9.26. The number of thioether (sulfide) groups is 1. The van der Waals surface area contributed by atoms with E-state index in [4.69, 9.17) is 0 Å². The summed E-state index contributed by atoms with van der Waals surface area (Å²) in [5, 5.41) is 15.8. The Hall–Kier alpha value is -0.850. The van der Waals surface area contributed by atoms with Gasteiger partial charge in [0.15, 0.2) is 0 Å². The van der Waals surface area contributed by atoms with Crippen molar-refractivity contribution in [3.63, 3.8) is 0 Å². The Morgan fingerprint density at radius 2 is 2.35 bits per heavy atom. The van der Waals surface area contributed by atoms with Crippen LogP contribution in [0.1, 0.15) is 6.92 Å². The molecular weight excluding hydrogens is 254 g/mol. The van der Waals surface area contributed by atoms with Crippen LogP contribution in [-0.4, -0.2) is 39.2 Å². The van der Waals surface area contributed by atoms with Gasteiger partial charge in [0, 0.05) is 11.3 Å². The number of fused-ring (bicyclic) bond motifs is 1. The lowest BCUT2D eigenvalue weighted by Crippen LogP contribution is -2.31. The van der Waals surface area contributed by atoms with Gasteiger partial charge in [-0.1, -0.05) is 0 Å². The van der Waals surface area contributed by atoms with Crippen molar-refractivity contribution in [2.24, 2.45) is 0 Å². The van der Waals surface area contributed by atoms with Gasteiger partial charge in [0.05, 0.1) is 12.0 Å². The highest BCUT2D eigenvalue weighted by Gasteiger charge is 2.16. The molecule has 0 spiro atoms. The summed E-state index contributed by atoms with van der Waals surface area (Å²) in [7, 11) is 0. The van der Waals surface area contributed by atoms with Gasteiger partial charge in [0.2, 0.25) is 0 Å². The molecule has 0 aliphatic heterocycles. The Labute approximate surface area is 108 Å². The molecule has 6 heteroatoms. The maximum absolute atomic E-state index is 9.26. The number of hydrogen-bond acceptors (Lipinski definition) is 6. The molecule has 17 heavy (non-hydrogen) atoms. The highest BCUT2D eigenvalue weighted by atomic mass is 32.2. The smallest absolute Gasteiger partial charge is 0.138 e. The molecule has 0 fully saturated rings. The van der Waals surface area contributed by atoms with Gasteiger partial charge in [-0.25, -0.2) is 9.97 Å². The van der Waals surface area contributed by atoms with E-state index in [0.717, 1.165) is 16.0 Å². The monoisotopic (exact) mass is 269 g/mol. The summed E-state index contributed by atoms with van der Waals surface area (Å²) in [6.07, 6.45) is 3.57. The quantitative estimate of drug-likeness (QED) is 0.871. The molecule has 92 valence electrons. The lowest BCUT2D eigenvalue weighted by Gasteiger charge is -2.21. The van der Waals surface area contributed by atoms with Gasteiger partial charge >= 0.3 is 0 Å². The van der Waals surface area contributed by atoms with Crippen molar-refractivity contribution in [3.05, 3.63) is 17.8 Å². The molecule has 0 aliphatic rings. The van der Waals surface area contributed by atoms with Crippen molar-refractivity contribution < 1.29 is 5.11 Å². The number of hydrogen-bond donors (Lipinski definition) is 2. The lowest BCUT2D eigenvalue weighted by molar-refractivity contribution is 0.288. The van der Waals surface area contributed by atoms with Crippen LogP contribution < -0.4 is 5.32 Å². The molecule has 4 nitrogen and oxygen atoms in total. The molecule has 2 unspecified atom stereocenters. The first-order valence-corrected chi connectivity index (χ1v) is 7.51. The minimum absolute atomic E-state index is 0.160. The summed E-state index contributed by atoms with van der Waals surface area (Å²) in [5.41, 5.74) is 0. The third-order valence-corrected chi connectivity index (χ3v) is 4.65. The predicted octanol–water partition coefficient (Wildman–Crippen LogP) is 2.22. The van der Waals surface area contributed by atoms with E-state index < -0.39 is 0 Å². The zero-order chi connectivity index (χ0) is 12.3. The summed E-state index contributed by atoms with van der Waals surface area (Å²) in [5.74, 6) is 0.844. The fourth-order valence-electron chi connectivity index (χ4n) is 1.65. The van der Waals surface area contributed by atoms with Gasteiger partial charge in [-0.2, -0.15) is 11.8 Å². The maximum Gasteiger partial charge on any atom is 0.138 e. The van der Waals surface area contributed by atoms with Crippen LogP contribution in [0.4, 0.5) is 5.82 Å². The minimum atomic E-state index is 0.160. The van der Waals surface area contributed by atoms with Crippen LogP contribution in [0.15, 0.2) is 17.8 Å². The molecule has 2 atom stereocenters. The standard InChI is InChI=1S/C11H15N3OS2/c1-7(9(5-15)16-2)14-10-8-3-4-17-11(8)13-6-12-10/h3-4,6-7,9,15H,5H2,1-2H3,(H,12,13,14). The molecule has 0 bridgehead atoms. The second-order valence-electron chi connectivity index (χ2n) is 3.75. The van der Waals surface area contributed by atoms with Crippen LogP contribution in [0.3, 0.4) is 0 Å². The van der Waals surface area contributed by atoms with Crippen LogP contribution in [0.2, 0.25) is 0 Å². The number of aliphatic hydroxyl groups excluding tert-OH is 1. The molecule has 2 aromatic heterocycles. The van der Waals surface area contributed by atoms with Crippen LogP contribution in [-0.2, 0) is 0 Å². The molecule has 0 aromatic carbocycles. The first-order valence-electron chi connectivity index (χ1n) is 5.34. The van der Waals surface area contributed by atoms with Crippen molar-refractivity contribution in [2.75, 3.05) is 18.2 Å². The van der Waals surface area contributed by atoms with E-state index in [0.29, 0.717) is 0 Å². The van der Waals surface area contributed by atoms with E-state index in [9.17, 15) is 5.11 Å². The minimum Gasteiger partial charge on any atom is -0.395 e. The van der Waals surface area contributed by atoms with E-state index in [-0.39, 0.29) is 17.9 Å². The summed E-state index contributed by atoms with van der Waals surface area (Å²) in [6, 6.07) is 2.18. The topological polar surface area (TPSA) is 58.0 Å². The average Bonchev–Trinajstić information content (AvgIpc) is 2.80. The van der Waals surface area contributed by atoms with E-state index in [1.54, 1.807) is 29.4 Å². The fraction of sp³-hybridized carbons (Fsp3) is 0.455.